The summed E-state index contributed by atoms with van der Waals surface area (Å²) in [7, 11) is 0. The third kappa shape index (κ3) is 5.61. The molecule has 1 atom stereocenters. The Balaban J connectivity index is 1.56. The number of rotatable bonds is 6. The molecular weight excluding hydrogens is 467 g/mol. The summed E-state index contributed by atoms with van der Waals surface area (Å²) in [5, 5.41) is 10.4. The Kier molecular flexibility index (Phi) is 7.14. The van der Waals surface area contributed by atoms with Crippen LogP contribution in [0.15, 0.2) is 38.8 Å². The Morgan fingerprint density at radius 2 is 2.27 bits per heavy atom. The predicted octanol–water partition coefficient (Wildman–Crippen LogP) is 4.71. The number of halogens is 1. The first-order valence-corrected chi connectivity index (χ1v) is 10.9. The Labute approximate surface area is 165 Å². The van der Waals surface area contributed by atoms with Gasteiger partial charge in [0.25, 0.3) is 0 Å². The minimum atomic E-state index is -0.892. The summed E-state index contributed by atoms with van der Waals surface area (Å²) in [6, 6.07) is 9.59. The van der Waals surface area contributed by atoms with E-state index in [2.05, 4.69) is 23.4 Å². The molecule has 1 aliphatic heterocycles. The van der Waals surface area contributed by atoms with Crippen LogP contribution in [0.4, 0.5) is 9.80 Å². The van der Waals surface area contributed by atoms with Gasteiger partial charge in [-0.1, -0.05) is 24.3 Å². The van der Waals surface area contributed by atoms with Crippen molar-refractivity contribution in [3.05, 3.63) is 35.9 Å². The maximum atomic E-state index is 12.1. The molecule has 1 aromatic heterocycles. The molecule has 2 aromatic rings. The van der Waals surface area contributed by atoms with E-state index in [0.717, 1.165) is 36.3 Å². The summed E-state index contributed by atoms with van der Waals surface area (Å²) >= 11 is 0.360. The third-order valence-corrected chi connectivity index (χ3v) is 5.06. The number of carbonyl (C=O) groups is 1. The largest absolute Gasteiger partial charge is 0.379 e. The predicted molar refractivity (Wildman–Crippen MR) is 109 cm³/mol. The van der Waals surface area contributed by atoms with Gasteiger partial charge in [0.1, 0.15) is 5.00 Å². The highest BCUT2D eigenvalue weighted by Gasteiger charge is 2.16. The highest BCUT2D eigenvalue weighted by molar-refractivity contribution is 14.1. The Morgan fingerprint density at radius 1 is 1.42 bits per heavy atom. The SMILES string of the molecule is N=IN=NCc1ccc(-c2cc(NC(=O)N[C@H]3CCCOC3)sn2)cc1. The molecule has 3 N–H and O–H groups in total. The van der Waals surface area contributed by atoms with Gasteiger partial charge in [-0.2, -0.15) is 9.49 Å². The molecule has 0 unspecified atom stereocenters. The highest BCUT2D eigenvalue weighted by atomic mass is 127. The van der Waals surface area contributed by atoms with Crippen LogP contribution in [0, 0.1) is 3.56 Å². The number of hydrogen-bond donors (Lipinski definition) is 3. The molecule has 1 fully saturated rings. The van der Waals surface area contributed by atoms with Crippen molar-refractivity contribution in [1.82, 2.24) is 9.69 Å². The molecule has 1 aliphatic rings. The second-order valence-corrected chi connectivity index (χ2v) is 7.46. The Bertz CT molecular complexity index is 773. The lowest BCUT2D eigenvalue weighted by Gasteiger charge is -2.22. The van der Waals surface area contributed by atoms with Gasteiger partial charge >= 0.3 is 6.03 Å². The summed E-state index contributed by atoms with van der Waals surface area (Å²) < 4.78 is 20.6. The minimum Gasteiger partial charge on any atom is -0.379 e. The first-order chi connectivity index (χ1) is 12.7. The topological polar surface area (TPSA) is 112 Å². The molecule has 3 rings (SSSR count). The molecule has 138 valence electrons. The maximum absolute atomic E-state index is 12.1. The van der Waals surface area contributed by atoms with Crippen LogP contribution in [0.25, 0.3) is 11.3 Å². The van der Waals surface area contributed by atoms with Crippen LogP contribution < -0.4 is 10.6 Å². The van der Waals surface area contributed by atoms with E-state index >= 15 is 0 Å². The van der Waals surface area contributed by atoms with Crippen molar-refractivity contribution in [2.45, 2.75) is 25.4 Å². The lowest BCUT2D eigenvalue weighted by molar-refractivity contribution is 0.0739. The summed E-state index contributed by atoms with van der Waals surface area (Å²) in [5.74, 6) is 0. The first kappa shape index (κ1) is 19.0. The zero-order chi connectivity index (χ0) is 18.2. The number of urea groups is 1. The number of benzene rings is 1. The number of amides is 2. The second kappa shape index (κ2) is 9.78. The number of carbonyl (C=O) groups excluding carboxylic acids is 1. The van der Waals surface area contributed by atoms with Gasteiger partial charge in [0, 0.05) is 18.2 Å². The zero-order valence-electron chi connectivity index (χ0n) is 13.9. The van der Waals surface area contributed by atoms with Gasteiger partial charge in [0.05, 0.1) is 24.9 Å². The van der Waals surface area contributed by atoms with E-state index in [-0.39, 0.29) is 12.1 Å². The molecule has 0 spiro atoms. The molecule has 10 heteroatoms. The van der Waals surface area contributed by atoms with Crippen molar-refractivity contribution >= 4 is 43.9 Å². The van der Waals surface area contributed by atoms with Crippen LogP contribution in [-0.2, 0) is 11.3 Å². The molecule has 1 saturated heterocycles. The van der Waals surface area contributed by atoms with Gasteiger partial charge in [0.2, 0.25) is 0 Å². The molecule has 0 saturated carbocycles. The van der Waals surface area contributed by atoms with Gasteiger partial charge in [0.15, 0.2) is 21.3 Å². The standard InChI is InChI=1S/C16H19IN6O2S/c18-17-23-19-9-11-3-5-12(6-4-11)14-8-15(26-22-14)21-16(24)20-13-2-1-7-25-10-13/h3-6,8,13,18H,1-2,7,9-10H2,(H2,20,21,24)/t13-/m0/s1. The average molecular weight is 486 g/mol. The smallest absolute Gasteiger partial charge is 0.320 e. The fourth-order valence-electron chi connectivity index (χ4n) is 2.57. The molecule has 8 nitrogen and oxygen atoms in total. The van der Waals surface area contributed by atoms with Gasteiger partial charge in [-0.05, 0) is 29.9 Å². The molecule has 0 bridgehead atoms. The number of anilines is 1. The minimum absolute atomic E-state index is 0.0676. The summed E-state index contributed by atoms with van der Waals surface area (Å²) in [6.45, 7) is 1.83. The van der Waals surface area contributed by atoms with E-state index in [9.17, 15) is 4.79 Å². The molecular formula is C16H19IN6O2S. The van der Waals surface area contributed by atoms with E-state index in [1.807, 2.05) is 30.3 Å². The van der Waals surface area contributed by atoms with Crippen molar-refractivity contribution in [3.63, 3.8) is 0 Å². The zero-order valence-corrected chi connectivity index (χ0v) is 16.9. The van der Waals surface area contributed by atoms with Crippen LogP contribution in [0.2, 0.25) is 0 Å². The monoisotopic (exact) mass is 486 g/mol. The average Bonchev–Trinajstić information content (AvgIpc) is 3.11. The number of aromatic nitrogens is 1. The number of ether oxygens (including phenoxy) is 1. The van der Waals surface area contributed by atoms with Crippen LogP contribution in [0.5, 0.6) is 0 Å². The van der Waals surface area contributed by atoms with Crippen LogP contribution in [0.3, 0.4) is 0 Å². The lowest BCUT2D eigenvalue weighted by atomic mass is 10.1. The fraction of sp³-hybridized carbons (Fsp3) is 0.375. The van der Waals surface area contributed by atoms with E-state index in [1.165, 1.54) is 11.5 Å². The number of hydrogen-bond acceptors (Lipinski definition) is 6. The molecule has 0 radical (unpaired) electrons. The van der Waals surface area contributed by atoms with Crippen LogP contribution >= 0.6 is 32.8 Å². The molecule has 1 aromatic carbocycles. The van der Waals surface area contributed by atoms with Crippen LogP contribution in [0.1, 0.15) is 18.4 Å². The van der Waals surface area contributed by atoms with Crippen molar-refractivity contribution in [1.29, 1.82) is 3.56 Å². The maximum Gasteiger partial charge on any atom is 0.320 e. The van der Waals surface area contributed by atoms with Crippen molar-refractivity contribution < 1.29 is 9.53 Å². The quantitative estimate of drug-likeness (QED) is 0.406. The summed E-state index contributed by atoms with van der Waals surface area (Å²) in [6.07, 6.45) is 1.91. The van der Waals surface area contributed by atoms with Crippen molar-refractivity contribution in [3.8, 4) is 11.3 Å². The van der Waals surface area contributed by atoms with E-state index < -0.39 is 21.3 Å². The lowest BCUT2D eigenvalue weighted by Crippen LogP contribution is -2.42. The molecule has 2 amide bonds. The van der Waals surface area contributed by atoms with E-state index in [1.54, 1.807) is 0 Å². The van der Waals surface area contributed by atoms with Gasteiger partial charge in [-0.3, -0.25) is 8.88 Å². The molecule has 0 aliphatic carbocycles. The normalized spacial score (nSPS) is 17.3. The Hall–Kier alpha value is -1.79. The molecule has 2 heterocycles. The van der Waals surface area contributed by atoms with Crippen molar-refractivity contribution in [2.75, 3.05) is 18.5 Å². The Morgan fingerprint density at radius 3 is 3.00 bits per heavy atom. The van der Waals surface area contributed by atoms with E-state index in [4.69, 9.17) is 8.30 Å². The van der Waals surface area contributed by atoms with Gasteiger partial charge < -0.3 is 10.1 Å². The third-order valence-electron chi connectivity index (χ3n) is 3.84. The van der Waals surface area contributed by atoms with Gasteiger partial charge in [-0.25, -0.2) is 4.79 Å². The summed E-state index contributed by atoms with van der Waals surface area (Å²) in [4.78, 5) is 12.1. The van der Waals surface area contributed by atoms with Crippen molar-refractivity contribution in [2.24, 2.45) is 8.44 Å². The second-order valence-electron chi connectivity index (χ2n) is 5.75. The molecule has 26 heavy (non-hydrogen) atoms. The summed E-state index contributed by atoms with van der Waals surface area (Å²) in [5.41, 5.74) is 2.83. The van der Waals surface area contributed by atoms with E-state index in [0.29, 0.717) is 18.2 Å². The van der Waals surface area contributed by atoms with Gasteiger partial charge in [-0.15, -0.1) is 3.33 Å². The number of nitrogens with one attached hydrogen (secondary N) is 3. The highest BCUT2D eigenvalue weighted by Crippen LogP contribution is 2.26. The number of nitrogens with zero attached hydrogens (tertiary/aromatic N) is 3. The fourth-order valence-corrected chi connectivity index (χ4v) is 3.54. The first-order valence-electron chi connectivity index (χ1n) is 8.12. The van der Waals surface area contributed by atoms with Crippen LogP contribution in [-0.4, -0.2) is 29.7 Å².